The van der Waals surface area contributed by atoms with Gasteiger partial charge in [0.2, 0.25) is 5.91 Å². The molecule has 1 saturated heterocycles. The first-order valence-electron chi connectivity index (χ1n) is 13.2. The third-order valence-corrected chi connectivity index (χ3v) is 6.83. The Labute approximate surface area is 226 Å². The Kier molecular flexibility index (Phi) is 13.4. The van der Waals surface area contributed by atoms with E-state index in [1.165, 1.54) is 12.1 Å². The minimum absolute atomic E-state index is 0. The molecule has 212 valence electrons. The van der Waals surface area contributed by atoms with Crippen LogP contribution in [-0.2, 0) is 4.79 Å². The summed E-state index contributed by atoms with van der Waals surface area (Å²) >= 11 is 0. The quantitative estimate of drug-likeness (QED) is 0.358. The van der Waals surface area contributed by atoms with Gasteiger partial charge >= 0.3 is 0 Å². The fourth-order valence-corrected chi connectivity index (χ4v) is 4.88. The van der Waals surface area contributed by atoms with E-state index in [-0.39, 0.29) is 30.5 Å². The number of anilines is 1. The van der Waals surface area contributed by atoms with Gasteiger partial charge < -0.3 is 25.4 Å². The maximum atomic E-state index is 13.2. The van der Waals surface area contributed by atoms with E-state index in [9.17, 15) is 14.3 Å². The van der Waals surface area contributed by atoms with Gasteiger partial charge in [0.25, 0.3) is 0 Å². The number of hydrogen-bond acceptors (Lipinski definition) is 6. The SMILES string of the molecule is C.CC.CC.CC(NC(=O)[C@H]1CCN(c2ncnc3[nH]ccc23)CC12CC2)C(O)c1ccc(F)cc1.CO. The van der Waals surface area contributed by atoms with Crippen LogP contribution >= 0.6 is 0 Å². The molecule has 3 heterocycles. The molecule has 4 N–H and O–H groups in total. The molecule has 1 amide bonds. The van der Waals surface area contributed by atoms with Crippen molar-refractivity contribution in [1.29, 1.82) is 0 Å². The average molecular weight is 532 g/mol. The Morgan fingerprint density at radius 1 is 1.13 bits per heavy atom. The van der Waals surface area contributed by atoms with Crippen LogP contribution < -0.4 is 10.2 Å². The number of benzene rings is 1. The van der Waals surface area contributed by atoms with Gasteiger partial charge in [-0.3, -0.25) is 4.79 Å². The monoisotopic (exact) mass is 531 g/mol. The molecule has 3 atom stereocenters. The van der Waals surface area contributed by atoms with Gasteiger partial charge in [0.05, 0.1) is 17.5 Å². The lowest BCUT2D eigenvalue weighted by molar-refractivity contribution is -0.129. The van der Waals surface area contributed by atoms with E-state index >= 15 is 0 Å². The number of nitrogens with one attached hydrogen (secondary N) is 2. The van der Waals surface area contributed by atoms with E-state index in [4.69, 9.17) is 5.11 Å². The molecule has 1 aliphatic carbocycles. The van der Waals surface area contributed by atoms with Crippen molar-refractivity contribution in [3.05, 3.63) is 54.2 Å². The number of aromatic nitrogens is 3. The zero-order valence-corrected chi connectivity index (χ0v) is 22.8. The number of amides is 1. The van der Waals surface area contributed by atoms with Crippen LogP contribution in [-0.4, -0.2) is 57.3 Å². The number of fused-ring (bicyclic) bond motifs is 1. The van der Waals surface area contributed by atoms with Crippen molar-refractivity contribution in [3.8, 4) is 0 Å². The van der Waals surface area contributed by atoms with Crippen molar-refractivity contribution in [3.63, 3.8) is 0 Å². The number of carbonyl (C=O) groups excluding carboxylic acids is 1. The van der Waals surface area contributed by atoms with Crippen LogP contribution in [0.25, 0.3) is 11.0 Å². The summed E-state index contributed by atoms with van der Waals surface area (Å²) in [6, 6.07) is 7.25. The average Bonchev–Trinajstić information content (AvgIpc) is 3.52. The first-order valence-corrected chi connectivity index (χ1v) is 13.2. The topological polar surface area (TPSA) is 114 Å². The van der Waals surface area contributed by atoms with Gasteiger partial charge in [-0.05, 0) is 55.4 Å². The minimum Gasteiger partial charge on any atom is -0.400 e. The number of halogens is 1. The lowest BCUT2D eigenvalue weighted by atomic mass is 9.81. The minimum atomic E-state index is -0.886. The molecule has 1 aromatic carbocycles. The molecule has 1 aliphatic heterocycles. The molecule has 3 aromatic rings. The number of rotatable bonds is 5. The first-order chi connectivity index (χ1) is 18.0. The largest absolute Gasteiger partial charge is 0.400 e. The molecule has 2 aliphatic rings. The van der Waals surface area contributed by atoms with Crippen molar-refractivity contribution < 1.29 is 19.4 Å². The van der Waals surface area contributed by atoms with Crippen molar-refractivity contribution in [2.24, 2.45) is 11.3 Å². The summed E-state index contributed by atoms with van der Waals surface area (Å²) in [7, 11) is 1.00. The summed E-state index contributed by atoms with van der Waals surface area (Å²) < 4.78 is 13.2. The second-order valence-corrected chi connectivity index (χ2v) is 8.86. The lowest BCUT2D eigenvalue weighted by Crippen LogP contribution is -2.50. The standard InChI is InChI=1S/C23H26FN5O2.2C2H6.CH4O.CH4/c1-14(19(30)15-2-4-16(24)5-3-15)28-22(31)18-7-11-29(12-23(18)8-9-23)21-17-6-10-25-20(17)26-13-27-21;3*1-2;/h2-6,10,13-14,18-19,30H,7-9,11-12H2,1H3,(H,28,31)(H,25,26,27);2*1-2H3;2H,1H3;1H4/t14?,18-,19?;;;;/m1..../s1. The molecule has 5 rings (SSSR count). The fourth-order valence-electron chi connectivity index (χ4n) is 4.88. The number of carbonyl (C=O) groups is 1. The first kappa shape index (κ1) is 33.0. The molecule has 1 saturated carbocycles. The number of H-pyrrole nitrogens is 1. The van der Waals surface area contributed by atoms with E-state index in [1.54, 1.807) is 25.4 Å². The van der Waals surface area contributed by atoms with E-state index in [1.807, 2.05) is 40.0 Å². The van der Waals surface area contributed by atoms with E-state index in [0.29, 0.717) is 5.56 Å². The lowest BCUT2D eigenvalue weighted by Gasteiger charge is -2.39. The van der Waals surface area contributed by atoms with Gasteiger partial charge in [0.1, 0.15) is 23.6 Å². The Bertz CT molecular complexity index is 1100. The second-order valence-electron chi connectivity index (χ2n) is 8.86. The smallest absolute Gasteiger partial charge is 0.224 e. The summed E-state index contributed by atoms with van der Waals surface area (Å²) in [6.07, 6.45) is 5.31. The second kappa shape index (κ2) is 15.4. The number of hydrogen-bond donors (Lipinski definition) is 4. The normalized spacial score (nSPS) is 18.2. The predicted molar refractivity (Wildman–Crippen MR) is 152 cm³/mol. The molecular weight excluding hydrogens is 485 g/mol. The van der Waals surface area contributed by atoms with Gasteiger partial charge in [0, 0.05) is 32.3 Å². The van der Waals surface area contributed by atoms with Crippen LogP contribution in [0.3, 0.4) is 0 Å². The Hall–Kier alpha value is -3.04. The van der Waals surface area contributed by atoms with Crippen LogP contribution in [0, 0.1) is 17.2 Å². The highest BCUT2D eigenvalue weighted by Crippen LogP contribution is 2.56. The van der Waals surface area contributed by atoms with Crippen molar-refractivity contribution >= 4 is 22.8 Å². The third-order valence-electron chi connectivity index (χ3n) is 6.83. The van der Waals surface area contributed by atoms with Crippen molar-refractivity contribution in [2.75, 3.05) is 25.1 Å². The van der Waals surface area contributed by atoms with Gasteiger partial charge in [-0.15, -0.1) is 0 Å². The Morgan fingerprint density at radius 3 is 2.37 bits per heavy atom. The van der Waals surface area contributed by atoms with Crippen molar-refractivity contribution in [1.82, 2.24) is 20.3 Å². The number of nitrogens with zero attached hydrogens (tertiary/aromatic N) is 3. The molecule has 38 heavy (non-hydrogen) atoms. The molecule has 9 heteroatoms. The van der Waals surface area contributed by atoms with E-state index in [0.717, 1.165) is 56.3 Å². The zero-order chi connectivity index (χ0) is 27.6. The van der Waals surface area contributed by atoms with Gasteiger partial charge in [-0.1, -0.05) is 47.3 Å². The van der Waals surface area contributed by atoms with Gasteiger partial charge in [-0.25, -0.2) is 14.4 Å². The van der Waals surface area contributed by atoms with Crippen LogP contribution in [0.15, 0.2) is 42.9 Å². The summed E-state index contributed by atoms with van der Waals surface area (Å²) in [5.74, 6) is 0.461. The molecule has 2 aromatic heterocycles. The highest BCUT2D eigenvalue weighted by Gasteiger charge is 2.55. The molecular formula is C29H46FN5O3. The zero-order valence-electron chi connectivity index (χ0n) is 22.8. The molecule has 2 unspecified atom stereocenters. The predicted octanol–water partition coefficient (Wildman–Crippen LogP) is 5.24. The summed E-state index contributed by atoms with van der Waals surface area (Å²) in [4.78, 5) is 27.3. The van der Waals surface area contributed by atoms with Crippen LogP contribution in [0.5, 0.6) is 0 Å². The molecule has 1 spiro atoms. The molecule has 0 radical (unpaired) electrons. The number of aliphatic hydroxyl groups is 2. The summed E-state index contributed by atoms with van der Waals surface area (Å²) in [5.41, 5.74) is 1.36. The molecule has 8 nitrogen and oxygen atoms in total. The number of aromatic amines is 1. The van der Waals surface area contributed by atoms with Crippen LogP contribution in [0.1, 0.15) is 73.0 Å². The highest BCUT2D eigenvalue weighted by atomic mass is 19.1. The molecule has 0 bridgehead atoms. The third kappa shape index (κ3) is 7.29. The van der Waals surface area contributed by atoms with Gasteiger partial charge in [-0.2, -0.15) is 0 Å². The number of piperidine rings is 1. The van der Waals surface area contributed by atoms with E-state index < -0.39 is 12.1 Å². The summed E-state index contributed by atoms with van der Waals surface area (Å²) in [6.45, 7) is 11.3. The van der Waals surface area contributed by atoms with Gasteiger partial charge in [0.15, 0.2) is 0 Å². The summed E-state index contributed by atoms with van der Waals surface area (Å²) in [5, 5.41) is 21.6. The molecule has 2 fully saturated rings. The Balaban J connectivity index is 0.000000966. The maximum absolute atomic E-state index is 13.2. The van der Waals surface area contributed by atoms with Crippen LogP contribution in [0.2, 0.25) is 0 Å². The number of aliphatic hydroxyl groups excluding tert-OH is 2. The highest BCUT2D eigenvalue weighted by molar-refractivity contribution is 5.87. The van der Waals surface area contributed by atoms with Crippen molar-refractivity contribution in [2.45, 2.75) is 73.5 Å². The fraction of sp³-hybridized carbons (Fsp3) is 0.552. The Morgan fingerprint density at radius 2 is 1.76 bits per heavy atom. The van der Waals surface area contributed by atoms with E-state index in [2.05, 4.69) is 25.2 Å². The maximum Gasteiger partial charge on any atom is 0.224 e. The van der Waals surface area contributed by atoms with Crippen LogP contribution in [0.4, 0.5) is 10.2 Å².